The Morgan fingerprint density at radius 3 is 2.53 bits per heavy atom. The van der Waals surface area contributed by atoms with Gasteiger partial charge in [0.05, 0.1) is 32.3 Å². The van der Waals surface area contributed by atoms with Crippen LogP contribution < -0.4 is 10.6 Å². The van der Waals surface area contributed by atoms with E-state index in [1.165, 1.54) is 18.2 Å². The maximum Gasteiger partial charge on any atom is 0.257 e. The summed E-state index contributed by atoms with van der Waals surface area (Å²) < 4.78 is 12.7. The van der Waals surface area contributed by atoms with Crippen LogP contribution in [0, 0.1) is 22.6 Å². The third kappa shape index (κ3) is 4.81. The molecule has 0 saturated heterocycles. The zero-order valence-corrected chi connectivity index (χ0v) is 22.7. The van der Waals surface area contributed by atoms with E-state index in [-0.39, 0.29) is 28.4 Å². The first-order chi connectivity index (χ1) is 17.0. The van der Waals surface area contributed by atoms with E-state index < -0.39 is 27.4 Å². The predicted molar refractivity (Wildman–Crippen MR) is 144 cm³/mol. The van der Waals surface area contributed by atoms with Crippen molar-refractivity contribution in [1.29, 1.82) is 5.26 Å². The van der Waals surface area contributed by atoms with Crippen LogP contribution in [0.25, 0.3) is 0 Å². The van der Waals surface area contributed by atoms with Crippen molar-refractivity contribution >= 4 is 85.9 Å². The smallest absolute Gasteiger partial charge is 0.257 e. The number of hydrogen-bond acceptors (Lipinski definition) is 4. The van der Waals surface area contributed by atoms with Gasteiger partial charge in [0.2, 0.25) is 0 Å². The second kappa shape index (κ2) is 10.2. The molecular weight excluding hydrogens is 615 g/mol. The Kier molecular flexibility index (Phi) is 7.57. The lowest BCUT2D eigenvalue weighted by Gasteiger charge is -2.15. The molecule has 11 heteroatoms. The molecule has 1 amide bonds. The van der Waals surface area contributed by atoms with E-state index in [0.717, 1.165) is 18.4 Å². The summed E-state index contributed by atoms with van der Waals surface area (Å²) in [5.74, 6) is -1.71. The Labute approximate surface area is 234 Å². The maximum absolute atomic E-state index is 13.4. The molecule has 1 aliphatic rings. The van der Waals surface area contributed by atoms with Crippen LogP contribution in [0.1, 0.15) is 27.4 Å². The Hall–Kier alpha value is -2.34. The SMILES string of the molecule is N#Cc1cc(F)ccc1NC(=O)c1cc(NCC2(C=O)C(c3ccc(Br)c(Cl)c3)C2(Cl)Cl)ccc1Cl. The molecule has 5 nitrogen and oxygen atoms in total. The molecule has 0 aliphatic heterocycles. The van der Waals surface area contributed by atoms with Crippen molar-refractivity contribution in [2.45, 2.75) is 10.3 Å². The number of aldehydes is 1. The normalized spacial score (nSPS) is 19.8. The molecule has 1 fully saturated rings. The Bertz CT molecular complexity index is 1430. The highest BCUT2D eigenvalue weighted by molar-refractivity contribution is 9.10. The van der Waals surface area contributed by atoms with Crippen LogP contribution in [0.5, 0.6) is 0 Å². The summed E-state index contributed by atoms with van der Waals surface area (Å²) in [4.78, 5) is 25.1. The van der Waals surface area contributed by atoms with Gasteiger partial charge in [-0.25, -0.2) is 4.39 Å². The molecular formula is C25H15BrCl4FN3O2. The highest BCUT2D eigenvalue weighted by Crippen LogP contribution is 2.73. The highest BCUT2D eigenvalue weighted by atomic mass is 79.9. The molecule has 2 N–H and O–H groups in total. The summed E-state index contributed by atoms with van der Waals surface area (Å²) >= 11 is 28.9. The van der Waals surface area contributed by atoms with E-state index in [2.05, 4.69) is 26.6 Å². The number of anilines is 2. The molecule has 3 aromatic rings. The second-order valence-electron chi connectivity index (χ2n) is 8.19. The van der Waals surface area contributed by atoms with Crippen LogP contribution in [0.3, 0.4) is 0 Å². The van der Waals surface area contributed by atoms with Crippen molar-refractivity contribution in [3.05, 3.63) is 91.6 Å². The minimum atomic E-state index is -1.37. The first-order valence-electron chi connectivity index (χ1n) is 10.4. The summed E-state index contributed by atoms with van der Waals surface area (Å²) in [6.07, 6.45) is 0.724. The van der Waals surface area contributed by atoms with Gasteiger partial charge in [-0.1, -0.05) is 52.5 Å². The number of nitriles is 1. The molecule has 1 aliphatic carbocycles. The average molecular weight is 630 g/mol. The molecule has 1 saturated carbocycles. The van der Waals surface area contributed by atoms with Gasteiger partial charge in [0.25, 0.3) is 5.91 Å². The van der Waals surface area contributed by atoms with Crippen molar-refractivity contribution in [3.8, 4) is 6.07 Å². The van der Waals surface area contributed by atoms with Gasteiger partial charge in [-0.3, -0.25) is 4.79 Å². The van der Waals surface area contributed by atoms with Gasteiger partial charge in [0.15, 0.2) is 0 Å². The number of nitrogens with zero attached hydrogens (tertiary/aromatic N) is 1. The molecule has 0 spiro atoms. The van der Waals surface area contributed by atoms with Crippen LogP contribution >= 0.6 is 62.3 Å². The van der Waals surface area contributed by atoms with Crippen LogP contribution in [0.15, 0.2) is 59.1 Å². The number of amides is 1. The zero-order chi connectivity index (χ0) is 26.3. The number of hydrogen-bond donors (Lipinski definition) is 2. The van der Waals surface area contributed by atoms with E-state index >= 15 is 0 Å². The van der Waals surface area contributed by atoms with Crippen LogP contribution in [-0.4, -0.2) is 23.1 Å². The van der Waals surface area contributed by atoms with Crippen molar-refractivity contribution in [3.63, 3.8) is 0 Å². The minimum absolute atomic E-state index is 0.0324. The molecule has 3 aromatic carbocycles. The van der Waals surface area contributed by atoms with E-state index in [4.69, 9.17) is 46.4 Å². The second-order valence-corrected chi connectivity index (χ2v) is 11.2. The van der Waals surface area contributed by atoms with Gasteiger partial charge >= 0.3 is 0 Å². The van der Waals surface area contributed by atoms with E-state index in [0.29, 0.717) is 20.7 Å². The summed E-state index contributed by atoms with van der Waals surface area (Å²) in [6.45, 7) is 0.0705. The van der Waals surface area contributed by atoms with Crippen molar-refractivity contribution in [2.24, 2.45) is 5.41 Å². The number of carbonyl (C=O) groups excluding carboxylic acids is 2. The molecule has 2 atom stereocenters. The van der Waals surface area contributed by atoms with Crippen LogP contribution in [-0.2, 0) is 4.79 Å². The number of alkyl halides is 2. The molecule has 0 bridgehead atoms. The van der Waals surface area contributed by atoms with E-state index in [9.17, 15) is 19.2 Å². The van der Waals surface area contributed by atoms with Gasteiger partial charge in [-0.15, -0.1) is 0 Å². The summed E-state index contributed by atoms with van der Waals surface area (Å²) in [6, 6.07) is 15.2. The lowest BCUT2D eigenvalue weighted by Crippen LogP contribution is -2.23. The van der Waals surface area contributed by atoms with Gasteiger partial charge < -0.3 is 15.4 Å². The predicted octanol–water partition coefficient (Wildman–Crippen LogP) is 7.59. The quantitative estimate of drug-likeness (QED) is 0.208. The van der Waals surface area contributed by atoms with Crippen molar-refractivity contribution in [1.82, 2.24) is 0 Å². The molecule has 0 heterocycles. The molecule has 184 valence electrons. The first kappa shape index (κ1) is 26.7. The summed E-state index contributed by atoms with van der Waals surface area (Å²) in [5.41, 5.74) is 0.256. The molecule has 2 unspecified atom stereocenters. The average Bonchev–Trinajstić information content (AvgIpc) is 3.35. The van der Waals surface area contributed by atoms with Gasteiger partial charge in [0, 0.05) is 22.6 Å². The van der Waals surface area contributed by atoms with Crippen molar-refractivity contribution < 1.29 is 14.0 Å². The summed E-state index contributed by atoms with van der Waals surface area (Å²) in [7, 11) is 0. The largest absolute Gasteiger partial charge is 0.384 e. The number of halogens is 6. The number of rotatable bonds is 7. The fraction of sp³-hybridized carbons (Fsp3) is 0.160. The van der Waals surface area contributed by atoms with E-state index in [1.54, 1.807) is 24.3 Å². The lowest BCUT2D eigenvalue weighted by atomic mass is 10.00. The first-order valence-corrected chi connectivity index (χ1v) is 12.7. The van der Waals surface area contributed by atoms with Gasteiger partial charge in [0.1, 0.15) is 22.5 Å². The number of benzene rings is 3. The number of carbonyl (C=O) groups is 2. The van der Waals surface area contributed by atoms with Crippen LogP contribution in [0.4, 0.5) is 15.8 Å². The van der Waals surface area contributed by atoms with Gasteiger partial charge in [-0.05, 0) is 70.0 Å². The molecule has 36 heavy (non-hydrogen) atoms. The van der Waals surface area contributed by atoms with Gasteiger partial charge in [-0.2, -0.15) is 5.26 Å². The maximum atomic E-state index is 13.4. The molecule has 0 radical (unpaired) electrons. The number of nitrogens with one attached hydrogen (secondary N) is 2. The van der Waals surface area contributed by atoms with E-state index in [1.807, 2.05) is 6.07 Å². The topological polar surface area (TPSA) is 82.0 Å². The molecule has 0 aromatic heterocycles. The standard InChI is InChI=1S/C25H15BrCl4FN3O2/c26-18-4-1-13(8-20(18)28)22-24(12-35,25(22,29)30)11-33-16-3-5-19(27)17(9-16)23(36)34-21-6-2-15(31)7-14(21)10-32/h1-9,12,22,33H,11H2,(H,34,36). The minimum Gasteiger partial charge on any atom is -0.384 e. The molecule has 4 rings (SSSR count). The zero-order valence-electron chi connectivity index (χ0n) is 18.1. The Morgan fingerprint density at radius 2 is 1.86 bits per heavy atom. The van der Waals surface area contributed by atoms with Crippen molar-refractivity contribution in [2.75, 3.05) is 17.2 Å². The summed E-state index contributed by atoms with van der Waals surface area (Å²) in [5, 5.41) is 15.5. The fourth-order valence-electron chi connectivity index (χ4n) is 4.05. The monoisotopic (exact) mass is 627 g/mol. The third-order valence-electron chi connectivity index (χ3n) is 6.05. The lowest BCUT2D eigenvalue weighted by molar-refractivity contribution is -0.112. The third-order valence-corrected chi connectivity index (χ3v) is 8.75. The Balaban J connectivity index is 1.54. The van der Waals surface area contributed by atoms with Crippen LogP contribution in [0.2, 0.25) is 10.0 Å². The fourth-order valence-corrected chi connectivity index (χ4v) is 5.66. The Morgan fingerprint density at radius 1 is 1.11 bits per heavy atom. The highest BCUT2D eigenvalue weighted by Gasteiger charge is 2.76.